The zero-order valence-corrected chi connectivity index (χ0v) is 12.4. The molecule has 0 N–H and O–H groups in total. The van der Waals surface area contributed by atoms with Crippen LogP contribution in [0.5, 0.6) is 11.5 Å². The second-order valence-electron chi connectivity index (χ2n) is 5.43. The minimum atomic E-state index is -0.537. The molecule has 5 nitrogen and oxygen atoms in total. The molecule has 0 saturated carbocycles. The van der Waals surface area contributed by atoms with Crippen molar-refractivity contribution in [2.75, 3.05) is 14.2 Å². The first-order valence-corrected chi connectivity index (χ1v) is 6.32. The van der Waals surface area contributed by atoms with Crippen LogP contribution in [0.2, 0.25) is 0 Å². The average Bonchev–Trinajstić information content (AvgIpc) is 2.77. The van der Waals surface area contributed by atoms with Gasteiger partial charge in [-0.3, -0.25) is 4.57 Å². The number of aromatic nitrogens is 1. The van der Waals surface area contributed by atoms with Gasteiger partial charge in [-0.2, -0.15) is 0 Å². The molecule has 108 valence electrons. The number of hydrogen-bond acceptors (Lipinski definition) is 4. The molecular formula is C15H19NO4. The number of ether oxygens (including phenoxy) is 3. The maximum atomic E-state index is 12.2. The third kappa shape index (κ3) is 2.71. The van der Waals surface area contributed by atoms with Gasteiger partial charge < -0.3 is 14.2 Å². The topological polar surface area (TPSA) is 49.7 Å². The van der Waals surface area contributed by atoms with Gasteiger partial charge in [0.05, 0.1) is 19.7 Å². The van der Waals surface area contributed by atoms with Crippen LogP contribution in [0.4, 0.5) is 4.79 Å². The van der Waals surface area contributed by atoms with Gasteiger partial charge in [0, 0.05) is 17.6 Å². The second-order valence-corrected chi connectivity index (χ2v) is 5.43. The van der Waals surface area contributed by atoms with Gasteiger partial charge in [-0.05, 0) is 32.9 Å². The standard InChI is InChI=1S/C15H19NO4/c1-15(2,3)20-14(17)16-7-6-10-8-12(18-4)13(19-5)9-11(10)16/h6-9H,1-5H3. The maximum absolute atomic E-state index is 12.2. The summed E-state index contributed by atoms with van der Waals surface area (Å²) in [5.74, 6) is 1.20. The molecule has 0 unspecified atom stereocenters. The van der Waals surface area contributed by atoms with Crippen molar-refractivity contribution in [2.45, 2.75) is 26.4 Å². The largest absolute Gasteiger partial charge is 0.493 e. The summed E-state index contributed by atoms with van der Waals surface area (Å²) >= 11 is 0. The first-order valence-electron chi connectivity index (χ1n) is 6.32. The van der Waals surface area contributed by atoms with Gasteiger partial charge in [0.25, 0.3) is 0 Å². The molecule has 2 aromatic rings. The molecule has 0 amide bonds. The number of methoxy groups -OCH3 is 2. The summed E-state index contributed by atoms with van der Waals surface area (Å²) in [4.78, 5) is 12.2. The molecule has 2 rings (SSSR count). The summed E-state index contributed by atoms with van der Waals surface area (Å²) in [6.45, 7) is 5.50. The quantitative estimate of drug-likeness (QED) is 0.843. The summed E-state index contributed by atoms with van der Waals surface area (Å²) in [6, 6.07) is 5.42. The summed E-state index contributed by atoms with van der Waals surface area (Å²) in [5.41, 5.74) is 0.182. The zero-order valence-electron chi connectivity index (χ0n) is 12.4. The monoisotopic (exact) mass is 277 g/mol. The van der Waals surface area contributed by atoms with Gasteiger partial charge in [-0.1, -0.05) is 0 Å². The third-order valence-corrected chi connectivity index (χ3v) is 2.79. The van der Waals surface area contributed by atoms with E-state index >= 15 is 0 Å². The number of carbonyl (C=O) groups excluding carboxylic acids is 1. The first kappa shape index (κ1) is 14.2. The van der Waals surface area contributed by atoms with Crippen LogP contribution in [0.15, 0.2) is 24.4 Å². The summed E-state index contributed by atoms with van der Waals surface area (Å²) in [7, 11) is 3.14. The summed E-state index contributed by atoms with van der Waals surface area (Å²) in [5, 5.41) is 0.883. The smallest absolute Gasteiger partial charge is 0.418 e. The summed E-state index contributed by atoms with van der Waals surface area (Å²) in [6.07, 6.45) is 1.26. The number of hydrogen-bond donors (Lipinski definition) is 0. The van der Waals surface area contributed by atoms with Crippen molar-refractivity contribution in [3.05, 3.63) is 24.4 Å². The van der Waals surface area contributed by atoms with Crippen LogP contribution in [0.3, 0.4) is 0 Å². The van der Waals surface area contributed by atoms with E-state index in [0.717, 1.165) is 10.9 Å². The Morgan fingerprint density at radius 1 is 1.10 bits per heavy atom. The Labute approximate surface area is 118 Å². The minimum absolute atomic E-state index is 0.417. The number of rotatable bonds is 2. The molecule has 20 heavy (non-hydrogen) atoms. The van der Waals surface area contributed by atoms with Crippen molar-refractivity contribution in [1.29, 1.82) is 0 Å². The van der Waals surface area contributed by atoms with Crippen molar-refractivity contribution >= 4 is 17.0 Å². The fourth-order valence-corrected chi connectivity index (χ4v) is 1.93. The summed E-state index contributed by atoms with van der Waals surface area (Å²) < 4.78 is 17.3. The van der Waals surface area contributed by atoms with E-state index in [1.807, 2.05) is 32.9 Å². The van der Waals surface area contributed by atoms with Crippen molar-refractivity contribution < 1.29 is 19.0 Å². The molecule has 0 spiro atoms. The molecule has 0 aliphatic rings. The lowest BCUT2D eigenvalue weighted by atomic mass is 10.2. The van der Waals surface area contributed by atoms with E-state index < -0.39 is 11.7 Å². The SMILES string of the molecule is COc1cc2ccn(C(=O)OC(C)(C)C)c2cc1OC. The van der Waals surface area contributed by atoms with E-state index in [1.54, 1.807) is 26.5 Å². The molecule has 0 aliphatic heterocycles. The highest BCUT2D eigenvalue weighted by molar-refractivity contribution is 5.91. The molecule has 0 radical (unpaired) electrons. The molecular weight excluding hydrogens is 258 g/mol. The van der Waals surface area contributed by atoms with Gasteiger partial charge in [0.1, 0.15) is 5.60 Å². The van der Waals surface area contributed by atoms with E-state index in [4.69, 9.17) is 14.2 Å². The first-order chi connectivity index (χ1) is 9.35. The van der Waals surface area contributed by atoms with Gasteiger partial charge >= 0.3 is 6.09 Å². The normalized spacial score (nSPS) is 11.4. The van der Waals surface area contributed by atoms with Gasteiger partial charge in [0.2, 0.25) is 0 Å². The van der Waals surface area contributed by atoms with E-state index in [-0.39, 0.29) is 0 Å². The predicted molar refractivity (Wildman–Crippen MR) is 76.7 cm³/mol. The third-order valence-electron chi connectivity index (χ3n) is 2.79. The van der Waals surface area contributed by atoms with Gasteiger partial charge in [0.15, 0.2) is 11.5 Å². The number of nitrogens with zero attached hydrogens (tertiary/aromatic N) is 1. The highest BCUT2D eigenvalue weighted by atomic mass is 16.6. The number of fused-ring (bicyclic) bond motifs is 1. The Bertz CT molecular complexity index is 637. The molecule has 0 bridgehead atoms. The predicted octanol–water partition coefficient (Wildman–Crippen LogP) is 3.44. The zero-order chi connectivity index (χ0) is 14.9. The van der Waals surface area contributed by atoms with E-state index in [2.05, 4.69) is 0 Å². The molecule has 1 aromatic carbocycles. The molecule has 1 heterocycles. The minimum Gasteiger partial charge on any atom is -0.493 e. The van der Waals surface area contributed by atoms with Crippen molar-refractivity contribution in [3.63, 3.8) is 0 Å². The Kier molecular flexibility index (Phi) is 3.61. The van der Waals surface area contributed by atoms with Crippen molar-refractivity contribution in [1.82, 2.24) is 4.57 Å². The lowest BCUT2D eigenvalue weighted by Gasteiger charge is -2.20. The van der Waals surface area contributed by atoms with Crippen LogP contribution in [0.1, 0.15) is 20.8 Å². The van der Waals surface area contributed by atoms with Crippen LogP contribution in [0, 0.1) is 0 Å². The highest BCUT2D eigenvalue weighted by Gasteiger charge is 2.20. The number of carbonyl (C=O) groups is 1. The van der Waals surface area contributed by atoms with Crippen LogP contribution >= 0.6 is 0 Å². The fraction of sp³-hybridized carbons (Fsp3) is 0.400. The maximum Gasteiger partial charge on any atom is 0.418 e. The van der Waals surface area contributed by atoms with Crippen LogP contribution in [-0.4, -0.2) is 30.5 Å². The Balaban J connectivity index is 2.48. The Hall–Kier alpha value is -2.17. The van der Waals surface area contributed by atoms with Crippen molar-refractivity contribution in [2.24, 2.45) is 0 Å². The Morgan fingerprint density at radius 3 is 2.25 bits per heavy atom. The van der Waals surface area contributed by atoms with E-state index in [9.17, 15) is 4.79 Å². The lowest BCUT2D eigenvalue weighted by Crippen LogP contribution is -2.26. The number of benzene rings is 1. The van der Waals surface area contributed by atoms with Crippen LogP contribution in [0.25, 0.3) is 10.9 Å². The Morgan fingerprint density at radius 2 is 1.70 bits per heavy atom. The van der Waals surface area contributed by atoms with E-state index in [0.29, 0.717) is 11.5 Å². The second kappa shape index (κ2) is 5.07. The van der Waals surface area contributed by atoms with Gasteiger partial charge in [-0.15, -0.1) is 0 Å². The molecule has 0 atom stereocenters. The fourth-order valence-electron chi connectivity index (χ4n) is 1.93. The van der Waals surface area contributed by atoms with Crippen molar-refractivity contribution in [3.8, 4) is 11.5 Å². The molecule has 1 aromatic heterocycles. The lowest BCUT2D eigenvalue weighted by molar-refractivity contribution is 0.0544. The van der Waals surface area contributed by atoms with Crippen LogP contribution < -0.4 is 9.47 Å². The average molecular weight is 277 g/mol. The molecule has 0 aliphatic carbocycles. The van der Waals surface area contributed by atoms with Crippen LogP contribution in [-0.2, 0) is 4.74 Å². The molecule has 0 saturated heterocycles. The van der Waals surface area contributed by atoms with E-state index in [1.165, 1.54) is 4.57 Å². The molecule has 5 heteroatoms. The van der Waals surface area contributed by atoms with Gasteiger partial charge in [-0.25, -0.2) is 4.79 Å². The highest BCUT2D eigenvalue weighted by Crippen LogP contribution is 2.32. The molecule has 0 fully saturated rings.